The van der Waals surface area contributed by atoms with Crippen LogP contribution in [0.3, 0.4) is 0 Å². The molecule has 0 unspecified atom stereocenters. The molecule has 0 bridgehead atoms. The Balaban J connectivity index is 1.40. The number of anilines is 3. The lowest BCUT2D eigenvalue weighted by molar-refractivity contribution is 0.100. The number of primary amides is 1. The summed E-state index contributed by atoms with van der Waals surface area (Å²) >= 11 is 0. The minimum absolute atomic E-state index is 0.383. The summed E-state index contributed by atoms with van der Waals surface area (Å²) in [5.74, 6) is 1.12. The maximum absolute atomic E-state index is 11.5. The first kappa shape index (κ1) is 18.0. The van der Waals surface area contributed by atoms with Crippen LogP contribution in [0.15, 0.2) is 67.1 Å². The molecular weight excluding hydrogens is 350 g/mol. The number of rotatable bonds is 5. The lowest BCUT2D eigenvalue weighted by Crippen LogP contribution is -2.33. The second-order valence-electron chi connectivity index (χ2n) is 6.98. The van der Waals surface area contributed by atoms with Gasteiger partial charge in [-0.15, -0.1) is 0 Å². The summed E-state index contributed by atoms with van der Waals surface area (Å²) in [6.45, 7) is 2.03. The van der Waals surface area contributed by atoms with Crippen molar-refractivity contribution >= 4 is 23.1 Å². The number of nitrogens with one attached hydrogen (secondary N) is 1. The Bertz CT molecular complexity index is 935. The minimum Gasteiger partial charge on any atom is -0.365 e. The predicted octanol–water partition coefficient (Wildman–Crippen LogP) is 3.70. The summed E-state index contributed by atoms with van der Waals surface area (Å²) in [5.41, 5.74) is 8.73. The molecule has 1 aliphatic heterocycles. The molecule has 1 amide bonds. The molecule has 1 fully saturated rings. The molecular formula is C22H23N5O. The van der Waals surface area contributed by atoms with Gasteiger partial charge in [-0.05, 0) is 54.7 Å². The van der Waals surface area contributed by atoms with Gasteiger partial charge in [0.2, 0.25) is 0 Å². The molecule has 0 saturated carbocycles. The van der Waals surface area contributed by atoms with E-state index in [1.54, 1.807) is 12.3 Å². The molecule has 1 saturated heterocycles. The molecule has 0 atom stereocenters. The Kier molecular flexibility index (Phi) is 5.19. The summed E-state index contributed by atoms with van der Waals surface area (Å²) in [7, 11) is 0. The minimum atomic E-state index is -0.494. The summed E-state index contributed by atoms with van der Waals surface area (Å²) < 4.78 is 0. The molecule has 4 rings (SSSR count). The van der Waals surface area contributed by atoms with Crippen LogP contribution < -0.4 is 16.0 Å². The van der Waals surface area contributed by atoms with Gasteiger partial charge in [0.25, 0.3) is 5.91 Å². The van der Waals surface area contributed by atoms with Crippen LogP contribution in [0, 0.1) is 0 Å². The highest BCUT2D eigenvalue weighted by Gasteiger charge is 2.21. The maximum atomic E-state index is 11.5. The SMILES string of the molecule is NC(=O)c1cnccc1Nc1ccc(C2CCN(c3ccccn3)CC2)cc1. The van der Waals surface area contributed by atoms with Crippen LogP contribution in [0.1, 0.15) is 34.7 Å². The molecule has 0 aliphatic carbocycles. The van der Waals surface area contributed by atoms with Crippen molar-refractivity contribution < 1.29 is 4.79 Å². The van der Waals surface area contributed by atoms with Crippen molar-refractivity contribution in [1.29, 1.82) is 0 Å². The first-order valence-electron chi connectivity index (χ1n) is 9.47. The maximum Gasteiger partial charge on any atom is 0.252 e. The first-order valence-corrected chi connectivity index (χ1v) is 9.47. The van der Waals surface area contributed by atoms with E-state index < -0.39 is 5.91 Å². The van der Waals surface area contributed by atoms with Crippen LogP contribution in [0.25, 0.3) is 0 Å². The quantitative estimate of drug-likeness (QED) is 0.712. The summed E-state index contributed by atoms with van der Waals surface area (Å²) in [5, 5.41) is 3.26. The first-order chi connectivity index (χ1) is 13.7. The topological polar surface area (TPSA) is 84.1 Å². The number of carbonyl (C=O) groups excluding carboxylic acids is 1. The van der Waals surface area contributed by atoms with Gasteiger partial charge in [-0.25, -0.2) is 4.98 Å². The van der Waals surface area contributed by atoms with Gasteiger partial charge in [-0.2, -0.15) is 0 Å². The molecule has 3 aromatic rings. The van der Waals surface area contributed by atoms with Gasteiger partial charge in [0.05, 0.1) is 11.3 Å². The summed E-state index contributed by atoms with van der Waals surface area (Å²) in [6.07, 6.45) is 7.19. The van der Waals surface area contributed by atoms with E-state index in [9.17, 15) is 4.79 Å². The van der Waals surface area contributed by atoms with Gasteiger partial charge < -0.3 is 16.0 Å². The van der Waals surface area contributed by atoms with Gasteiger partial charge in [-0.1, -0.05) is 18.2 Å². The van der Waals surface area contributed by atoms with E-state index in [4.69, 9.17) is 5.73 Å². The van der Waals surface area contributed by atoms with Gasteiger partial charge in [0.1, 0.15) is 5.82 Å². The summed E-state index contributed by atoms with van der Waals surface area (Å²) in [6, 6.07) is 16.2. The van der Waals surface area contributed by atoms with Crippen molar-refractivity contribution in [1.82, 2.24) is 9.97 Å². The van der Waals surface area contributed by atoms with Crippen molar-refractivity contribution in [2.24, 2.45) is 5.73 Å². The lowest BCUT2D eigenvalue weighted by Gasteiger charge is -2.33. The monoisotopic (exact) mass is 373 g/mol. The molecule has 1 aliphatic rings. The number of benzene rings is 1. The van der Waals surface area contributed by atoms with Gasteiger partial charge >= 0.3 is 0 Å². The standard InChI is InChI=1S/C22H23N5O/c23-22(28)19-15-24-12-8-20(19)26-18-6-4-16(5-7-18)17-9-13-27(14-10-17)21-3-1-2-11-25-21/h1-8,11-12,15,17H,9-10,13-14H2,(H2,23,28)(H,24,26). The lowest BCUT2D eigenvalue weighted by atomic mass is 9.89. The van der Waals surface area contributed by atoms with Crippen molar-refractivity contribution in [3.63, 3.8) is 0 Å². The number of hydrogen-bond acceptors (Lipinski definition) is 5. The molecule has 6 heteroatoms. The van der Waals surface area contributed by atoms with Crippen LogP contribution in [0.4, 0.5) is 17.2 Å². The van der Waals surface area contributed by atoms with Crippen molar-refractivity contribution in [2.45, 2.75) is 18.8 Å². The van der Waals surface area contributed by atoms with E-state index in [0.717, 1.165) is 37.4 Å². The average Bonchev–Trinajstić information content (AvgIpc) is 2.75. The van der Waals surface area contributed by atoms with Gasteiger partial charge in [0.15, 0.2) is 0 Å². The van der Waals surface area contributed by atoms with E-state index in [-0.39, 0.29) is 0 Å². The van der Waals surface area contributed by atoms with Gasteiger partial charge in [0, 0.05) is 37.4 Å². The van der Waals surface area contributed by atoms with E-state index in [1.165, 1.54) is 11.8 Å². The fraction of sp³-hybridized carbons (Fsp3) is 0.227. The number of pyridine rings is 2. The normalized spacial score (nSPS) is 14.6. The average molecular weight is 373 g/mol. The van der Waals surface area contributed by atoms with Gasteiger partial charge in [-0.3, -0.25) is 9.78 Å². The van der Waals surface area contributed by atoms with Crippen LogP contribution in [0.2, 0.25) is 0 Å². The molecule has 2 aromatic heterocycles. The Morgan fingerprint density at radius 1 is 1.04 bits per heavy atom. The van der Waals surface area contributed by atoms with Crippen molar-refractivity contribution in [3.05, 3.63) is 78.2 Å². The number of nitrogens with two attached hydrogens (primary N) is 1. The highest BCUT2D eigenvalue weighted by Crippen LogP contribution is 2.31. The number of nitrogens with zero attached hydrogens (tertiary/aromatic N) is 3. The Hall–Kier alpha value is -3.41. The molecule has 0 radical (unpaired) electrons. The highest BCUT2D eigenvalue weighted by molar-refractivity contribution is 5.98. The molecule has 28 heavy (non-hydrogen) atoms. The fourth-order valence-electron chi connectivity index (χ4n) is 3.68. The van der Waals surface area contributed by atoms with Crippen LogP contribution in [0.5, 0.6) is 0 Å². The number of amides is 1. The Morgan fingerprint density at radius 2 is 1.82 bits per heavy atom. The molecule has 3 N–H and O–H groups in total. The third-order valence-corrected chi connectivity index (χ3v) is 5.22. The molecule has 3 heterocycles. The predicted molar refractivity (Wildman–Crippen MR) is 111 cm³/mol. The highest BCUT2D eigenvalue weighted by atomic mass is 16.1. The zero-order valence-electron chi connectivity index (χ0n) is 15.6. The van der Waals surface area contributed by atoms with E-state index in [1.807, 2.05) is 30.5 Å². The number of carbonyl (C=O) groups is 1. The smallest absolute Gasteiger partial charge is 0.252 e. The van der Waals surface area contributed by atoms with E-state index in [0.29, 0.717) is 17.2 Å². The van der Waals surface area contributed by atoms with Crippen LogP contribution in [-0.4, -0.2) is 29.0 Å². The van der Waals surface area contributed by atoms with Crippen molar-refractivity contribution in [2.75, 3.05) is 23.3 Å². The van der Waals surface area contributed by atoms with Crippen molar-refractivity contribution in [3.8, 4) is 0 Å². The number of piperidine rings is 1. The third-order valence-electron chi connectivity index (χ3n) is 5.22. The number of aromatic nitrogens is 2. The third kappa shape index (κ3) is 3.96. The largest absolute Gasteiger partial charge is 0.365 e. The van der Waals surface area contributed by atoms with E-state index in [2.05, 4.69) is 38.4 Å². The molecule has 142 valence electrons. The molecule has 6 nitrogen and oxygen atoms in total. The van der Waals surface area contributed by atoms with Crippen LogP contribution in [-0.2, 0) is 0 Å². The summed E-state index contributed by atoms with van der Waals surface area (Å²) in [4.78, 5) is 22.3. The Morgan fingerprint density at radius 3 is 2.50 bits per heavy atom. The van der Waals surface area contributed by atoms with E-state index >= 15 is 0 Å². The Labute approximate surface area is 164 Å². The number of hydrogen-bond donors (Lipinski definition) is 2. The zero-order chi connectivity index (χ0) is 19.3. The van der Waals surface area contributed by atoms with Crippen LogP contribution >= 0.6 is 0 Å². The molecule has 0 spiro atoms. The fourth-order valence-corrected chi connectivity index (χ4v) is 3.68. The second-order valence-corrected chi connectivity index (χ2v) is 6.98. The zero-order valence-corrected chi connectivity index (χ0v) is 15.6. The molecule has 1 aromatic carbocycles. The second kappa shape index (κ2) is 8.08.